The Morgan fingerprint density at radius 3 is 2.61 bits per heavy atom. The maximum absolute atomic E-state index is 10.4. The maximum Gasteiger partial charge on any atom is 0.249 e. The molecule has 10 nitrogen and oxygen atoms in total. The fraction of sp³-hybridized carbons (Fsp3) is 0.500. The third-order valence-corrected chi connectivity index (χ3v) is 4.25. The molecule has 2 aromatic rings. The number of ether oxygens (including phenoxy) is 1. The van der Waals surface area contributed by atoms with Crippen molar-refractivity contribution in [2.45, 2.75) is 46.3 Å². The molecule has 0 saturated carbocycles. The molecule has 0 aliphatic carbocycles. The van der Waals surface area contributed by atoms with Crippen molar-refractivity contribution in [1.82, 2.24) is 14.1 Å². The Labute approximate surface area is 163 Å². The zero-order chi connectivity index (χ0) is 20.7. The first-order valence-corrected chi connectivity index (χ1v) is 9.03. The molecule has 2 heterocycles. The normalized spacial score (nSPS) is 11.3. The van der Waals surface area contributed by atoms with Crippen molar-refractivity contribution < 1.29 is 24.7 Å². The second-order valence-corrected chi connectivity index (χ2v) is 5.98. The minimum absolute atomic E-state index is 0.0678. The maximum atomic E-state index is 10.4. The lowest BCUT2D eigenvalue weighted by Gasteiger charge is -2.07. The number of aromatic hydroxyl groups is 2. The van der Waals surface area contributed by atoms with Crippen LogP contribution in [0.2, 0.25) is 0 Å². The van der Waals surface area contributed by atoms with Crippen LogP contribution < -0.4 is 4.74 Å². The smallest absolute Gasteiger partial charge is 0.249 e. The summed E-state index contributed by atoms with van der Waals surface area (Å²) in [7, 11) is 3.18. The van der Waals surface area contributed by atoms with Gasteiger partial charge in [0, 0.05) is 13.6 Å². The lowest BCUT2D eigenvalue weighted by Crippen LogP contribution is -2.01. The van der Waals surface area contributed by atoms with Crippen LogP contribution in [0.1, 0.15) is 38.1 Å². The largest absolute Gasteiger partial charge is 0.501 e. The fourth-order valence-corrected chi connectivity index (χ4v) is 2.74. The van der Waals surface area contributed by atoms with E-state index in [4.69, 9.17) is 14.5 Å². The van der Waals surface area contributed by atoms with E-state index in [1.165, 1.54) is 17.9 Å². The minimum atomic E-state index is -0.271. The SMILES string of the molecule is C=COOCc1c(CC)nc(N=Nc2c(O)c(OC)n(CCCC)c2O)n1C. The highest BCUT2D eigenvalue weighted by molar-refractivity contribution is 5.65. The number of hydrogen-bond donors (Lipinski definition) is 2. The first kappa shape index (κ1) is 21.3. The Balaban J connectivity index is 2.35. The fourth-order valence-electron chi connectivity index (χ4n) is 2.74. The molecule has 2 aromatic heterocycles. The number of rotatable bonds is 11. The molecule has 28 heavy (non-hydrogen) atoms. The van der Waals surface area contributed by atoms with Gasteiger partial charge in [-0.15, -0.1) is 10.2 Å². The van der Waals surface area contributed by atoms with Gasteiger partial charge in [-0.3, -0.25) is 4.57 Å². The summed E-state index contributed by atoms with van der Waals surface area (Å²) in [6.45, 7) is 8.04. The predicted octanol–water partition coefficient (Wildman–Crippen LogP) is 4.01. The minimum Gasteiger partial charge on any atom is -0.501 e. The van der Waals surface area contributed by atoms with Crippen molar-refractivity contribution >= 4 is 11.6 Å². The average molecular weight is 393 g/mol. The quantitative estimate of drug-likeness (QED) is 0.196. The van der Waals surface area contributed by atoms with Gasteiger partial charge >= 0.3 is 0 Å². The summed E-state index contributed by atoms with van der Waals surface area (Å²) in [5.74, 6) is -0.0371. The summed E-state index contributed by atoms with van der Waals surface area (Å²) in [5, 5.41) is 28.9. The van der Waals surface area contributed by atoms with Crippen LogP contribution in [0.15, 0.2) is 23.1 Å². The molecule has 154 valence electrons. The standard InChI is InChI=1S/C18H27N5O5/c1-6-9-10-23-16(25)14(15(24)17(23)26-5)20-21-18-19-12(7-2)13(22(18)4)11-28-27-8-3/h8,24-25H,3,6-7,9-11H2,1-2,4-5H3. The number of aryl methyl sites for hydroxylation is 1. The van der Waals surface area contributed by atoms with Crippen LogP contribution in [0.4, 0.5) is 11.6 Å². The topological polar surface area (TPSA) is 116 Å². The van der Waals surface area contributed by atoms with Gasteiger partial charge in [0.05, 0.1) is 18.5 Å². The van der Waals surface area contributed by atoms with Gasteiger partial charge in [-0.2, -0.15) is 4.89 Å². The summed E-state index contributed by atoms with van der Waals surface area (Å²) in [4.78, 5) is 14.2. The van der Waals surface area contributed by atoms with E-state index in [1.807, 2.05) is 13.8 Å². The van der Waals surface area contributed by atoms with Gasteiger partial charge in [-0.1, -0.05) is 26.8 Å². The molecule has 0 bridgehead atoms. The monoisotopic (exact) mass is 393 g/mol. The molecule has 2 rings (SSSR count). The van der Waals surface area contributed by atoms with Gasteiger partial charge < -0.3 is 24.4 Å². The Morgan fingerprint density at radius 1 is 1.25 bits per heavy atom. The highest BCUT2D eigenvalue weighted by Gasteiger charge is 2.23. The van der Waals surface area contributed by atoms with E-state index in [0.29, 0.717) is 18.9 Å². The summed E-state index contributed by atoms with van der Waals surface area (Å²) in [6.07, 6.45) is 3.58. The summed E-state index contributed by atoms with van der Waals surface area (Å²) >= 11 is 0. The highest BCUT2D eigenvalue weighted by atomic mass is 17.2. The lowest BCUT2D eigenvalue weighted by molar-refractivity contribution is -0.259. The number of aromatic nitrogens is 3. The van der Waals surface area contributed by atoms with Crippen molar-refractivity contribution in [2.75, 3.05) is 7.11 Å². The molecular formula is C18H27N5O5. The summed E-state index contributed by atoms with van der Waals surface area (Å²) < 4.78 is 8.37. The number of hydrogen-bond acceptors (Lipinski definition) is 8. The Kier molecular flexibility index (Phi) is 7.44. The van der Waals surface area contributed by atoms with Crippen LogP contribution in [0, 0.1) is 0 Å². The van der Waals surface area contributed by atoms with E-state index < -0.39 is 0 Å². The van der Waals surface area contributed by atoms with Crippen molar-refractivity contribution in [1.29, 1.82) is 0 Å². The molecule has 10 heteroatoms. The first-order chi connectivity index (χ1) is 13.5. The van der Waals surface area contributed by atoms with Gasteiger partial charge in [0.25, 0.3) is 0 Å². The lowest BCUT2D eigenvalue weighted by atomic mass is 10.3. The second kappa shape index (κ2) is 9.79. The Hall–Kier alpha value is -3.01. The Bertz CT molecular complexity index is 840. The van der Waals surface area contributed by atoms with E-state index in [1.54, 1.807) is 11.6 Å². The van der Waals surface area contributed by atoms with E-state index in [2.05, 4.69) is 21.8 Å². The molecule has 0 aliphatic heterocycles. The number of nitrogens with zero attached hydrogens (tertiary/aromatic N) is 5. The van der Waals surface area contributed by atoms with Crippen molar-refractivity contribution in [2.24, 2.45) is 17.3 Å². The highest BCUT2D eigenvalue weighted by Crippen LogP contribution is 2.47. The van der Waals surface area contributed by atoms with Crippen molar-refractivity contribution in [3.63, 3.8) is 0 Å². The number of azo groups is 1. The third kappa shape index (κ3) is 4.28. The van der Waals surface area contributed by atoms with Gasteiger partial charge in [0.15, 0.2) is 5.69 Å². The van der Waals surface area contributed by atoms with Gasteiger partial charge in [0.2, 0.25) is 23.5 Å². The van der Waals surface area contributed by atoms with Crippen LogP contribution in [-0.2, 0) is 36.4 Å². The molecule has 0 aromatic carbocycles. The third-order valence-electron chi connectivity index (χ3n) is 4.25. The molecule has 2 N–H and O–H groups in total. The molecule has 0 unspecified atom stereocenters. The summed E-state index contributed by atoms with van der Waals surface area (Å²) in [5.41, 5.74) is 1.47. The number of imidazole rings is 1. The van der Waals surface area contributed by atoms with Gasteiger partial charge in [-0.25, -0.2) is 4.98 Å². The molecule has 0 amide bonds. The van der Waals surface area contributed by atoms with Gasteiger partial charge in [-0.05, 0) is 12.8 Å². The average Bonchev–Trinajstić information content (AvgIpc) is 3.11. The van der Waals surface area contributed by atoms with Crippen LogP contribution >= 0.6 is 0 Å². The van der Waals surface area contributed by atoms with Crippen LogP contribution in [0.5, 0.6) is 17.5 Å². The van der Waals surface area contributed by atoms with Gasteiger partial charge in [0.1, 0.15) is 12.9 Å². The van der Waals surface area contributed by atoms with E-state index in [-0.39, 0.29) is 29.8 Å². The predicted molar refractivity (Wildman–Crippen MR) is 102 cm³/mol. The molecule has 0 radical (unpaired) electrons. The van der Waals surface area contributed by atoms with Crippen molar-refractivity contribution in [3.8, 4) is 17.5 Å². The zero-order valence-corrected chi connectivity index (χ0v) is 16.7. The van der Waals surface area contributed by atoms with Crippen LogP contribution in [0.3, 0.4) is 0 Å². The number of unbranched alkanes of at least 4 members (excludes halogenated alkanes) is 1. The Morgan fingerprint density at radius 2 is 2.00 bits per heavy atom. The zero-order valence-electron chi connectivity index (χ0n) is 16.7. The molecule has 0 aliphatic rings. The summed E-state index contributed by atoms with van der Waals surface area (Å²) in [6, 6.07) is 0. The molecule has 0 fully saturated rings. The van der Waals surface area contributed by atoms with E-state index >= 15 is 0 Å². The molecule has 0 atom stereocenters. The van der Waals surface area contributed by atoms with Crippen LogP contribution in [0.25, 0.3) is 0 Å². The van der Waals surface area contributed by atoms with E-state index in [0.717, 1.165) is 24.2 Å². The first-order valence-electron chi connectivity index (χ1n) is 9.03. The van der Waals surface area contributed by atoms with Crippen molar-refractivity contribution in [3.05, 3.63) is 24.2 Å². The second-order valence-electron chi connectivity index (χ2n) is 5.98. The molecule has 0 saturated heterocycles. The molecule has 0 spiro atoms. The molecular weight excluding hydrogens is 366 g/mol. The van der Waals surface area contributed by atoms with Crippen LogP contribution in [-0.4, -0.2) is 31.4 Å². The van der Waals surface area contributed by atoms with E-state index in [9.17, 15) is 10.2 Å². The number of methoxy groups -OCH3 is 1.